The Hall–Kier alpha value is -1.63. The third kappa shape index (κ3) is 2.98. The van der Waals surface area contributed by atoms with Crippen molar-refractivity contribution in [3.63, 3.8) is 0 Å². The molecule has 1 aromatic rings. The summed E-state index contributed by atoms with van der Waals surface area (Å²) in [5.74, 6) is -0.287. The molecule has 0 saturated carbocycles. The van der Waals surface area contributed by atoms with E-state index in [1.54, 1.807) is 0 Å². The molecule has 0 aliphatic heterocycles. The molecule has 0 heterocycles. The first kappa shape index (κ1) is 14.4. The molecular weight excluding hydrogens is 240 g/mol. The normalized spacial score (nSPS) is 14.0. The molecule has 2 atom stereocenters. The number of hydrogen-bond donors (Lipinski definition) is 4. The summed E-state index contributed by atoms with van der Waals surface area (Å²) in [5.41, 5.74) is 0.187. The Morgan fingerprint density at radius 1 is 1.39 bits per heavy atom. The molecule has 0 aromatic heterocycles. The van der Waals surface area contributed by atoms with Crippen molar-refractivity contribution in [1.82, 2.24) is 0 Å². The predicted octanol–water partition coefficient (Wildman–Crippen LogP) is -0.0100. The molecule has 6 nitrogen and oxygen atoms in total. The van der Waals surface area contributed by atoms with Crippen LogP contribution in [0.1, 0.15) is 28.4 Å². The largest absolute Gasteiger partial charge is 0.504 e. The van der Waals surface area contributed by atoms with E-state index in [4.69, 9.17) is 9.84 Å². The van der Waals surface area contributed by atoms with Gasteiger partial charge in [-0.2, -0.15) is 0 Å². The van der Waals surface area contributed by atoms with Crippen molar-refractivity contribution < 1.29 is 30.0 Å². The Morgan fingerprint density at radius 3 is 2.56 bits per heavy atom. The molecule has 0 amide bonds. The van der Waals surface area contributed by atoms with Crippen LogP contribution < -0.4 is 4.74 Å². The van der Waals surface area contributed by atoms with Crippen LogP contribution in [0.2, 0.25) is 0 Å². The van der Waals surface area contributed by atoms with Crippen molar-refractivity contribution in [3.8, 4) is 11.5 Å². The Balaban J connectivity index is 3.12. The third-order valence-electron chi connectivity index (χ3n) is 2.60. The van der Waals surface area contributed by atoms with Gasteiger partial charge in [-0.3, -0.25) is 4.79 Å². The van der Waals surface area contributed by atoms with Gasteiger partial charge in [0.25, 0.3) is 0 Å². The lowest BCUT2D eigenvalue weighted by atomic mass is 9.99. The summed E-state index contributed by atoms with van der Waals surface area (Å²) in [5, 5.41) is 37.7. The van der Waals surface area contributed by atoms with Crippen molar-refractivity contribution in [2.75, 3.05) is 13.7 Å². The summed E-state index contributed by atoms with van der Waals surface area (Å²) >= 11 is 0. The fourth-order valence-electron chi connectivity index (χ4n) is 1.58. The second-order valence-corrected chi connectivity index (χ2v) is 3.80. The van der Waals surface area contributed by atoms with E-state index in [9.17, 15) is 20.1 Å². The molecule has 0 spiro atoms. The molecule has 0 fully saturated rings. The van der Waals surface area contributed by atoms with Gasteiger partial charge in [-0.25, -0.2) is 0 Å². The zero-order valence-electron chi connectivity index (χ0n) is 9.91. The summed E-state index contributed by atoms with van der Waals surface area (Å²) in [6.45, 7) is -0.270. The molecule has 0 aliphatic rings. The first-order valence-electron chi connectivity index (χ1n) is 5.38. The number of carbonyl (C=O) groups excluding carboxylic acids is 1. The molecular formula is C12H16O6. The van der Waals surface area contributed by atoms with Crippen molar-refractivity contribution in [2.24, 2.45) is 0 Å². The summed E-state index contributed by atoms with van der Waals surface area (Å²) in [6.07, 6.45) is -2.01. The zero-order valence-corrected chi connectivity index (χ0v) is 9.91. The topological polar surface area (TPSA) is 107 Å². The highest BCUT2D eigenvalue weighted by Gasteiger charge is 2.21. The van der Waals surface area contributed by atoms with E-state index in [0.29, 0.717) is 6.29 Å². The second kappa shape index (κ2) is 6.34. The molecule has 6 heteroatoms. The van der Waals surface area contributed by atoms with Crippen molar-refractivity contribution in [3.05, 3.63) is 23.3 Å². The van der Waals surface area contributed by atoms with Gasteiger partial charge in [0.05, 0.1) is 18.8 Å². The Labute approximate surface area is 104 Å². The molecule has 0 saturated heterocycles. The average Bonchev–Trinajstić information content (AvgIpc) is 2.38. The molecule has 2 unspecified atom stereocenters. The minimum Gasteiger partial charge on any atom is -0.504 e. The van der Waals surface area contributed by atoms with Crippen LogP contribution in [0, 0.1) is 0 Å². The lowest BCUT2D eigenvalue weighted by Gasteiger charge is -2.18. The van der Waals surface area contributed by atoms with Gasteiger partial charge in [0.2, 0.25) is 0 Å². The first-order chi connectivity index (χ1) is 8.54. The van der Waals surface area contributed by atoms with E-state index in [1.807, 2.05) is 0 Å². The zero-order chi connectivity index (χ0) is 13.7. The average molecular weight is 256 g/mol. The highest BCUT2D eigenvalue weighted by atomic mass is 16.5. The Morgan fingerprint density at radius 2 is 2.06 bits per heavy atom. The number of rotatable bonds is 6. The van der Waals surface area contributed by atoms with Gasteiger partial charge in [0, 0.05) is 6.61 Å². The van der Waals surface area contributed by atoms with Crippen LogP contribution in [0.3, 0.4) is 0 Å². The molecule has 0 radical (unpaired) electrons. The van der Waals surface area contributed by atoms with E-state index in [2.05, 4.69) is 0 Å². The fourth-order valence-corrected chi connectivity index (χ4v) is 1.58. The monoisotopic (exact) mass is 256 g/mol. The molecule has 18 heavy (non-hydrogen) atoms. The highest BCUT2D eigenvalue weighted by Crippen LogP contribution is 2.33. The number of aliphatic hydroxyl groups is 3. The van der Waals surface area contributed by atoms with Crippen LogP contribution in [-0.2, 0) is 0 Å². The number of aldehydes is 1. The number of phenols is 1. The molecule has 1 rings (SSSR count). The Kier molecular flexibility index (Phi) is 5.08. The van der Waals surface area contributed by atoms with E-state index in [-0.39, 0.29) is 35.7 Å². The van der Waals surface area contributed by atoms with Crippen LogP contribution in [0.25, 0.3) is 0 Å². The molecule has 0 aliphatic carbocycles. The summed E-state index contributed by atoms with van der Waals surface area (Å²) < 4.78 is 4.87. The Bertz CT molecular complexity index is 417. The van der Waals surface area contributed by atoms with E-state index >= 15 is 0 Å². The van der Waals surface area contributed by atoms with E-state index in [0.717, 1.165) is 0 Å². The lowest BCUT2D eigenvalue weighted by molar-refractivity contribution is 0.00407. The van der Waals surface area contributed by atoms with Gasteiger partial charge < -0.3 is 25.2 Å². The van der Waals surface area contributed by atoms with Crippen LogP contribution in [0.5, 0.6) is 11.5 Å². The quantitative estimate of drug-likeness (QED) is 0.533. The maximum atomic E-state index is 10.8. The molecule has 4 N–H and O–H groups in total. The van der Waals surface area contributed by atoms with Crippen LogP contribution in [0.4, 0.5) is 0 Å². The van der Waals surface area contributed by atoms with Crippen LogP contribution in [-0.4, -0.2) is 46.5 Å². The van der Waals surface area contributed by atoms with Crippen molar-refractivity contribution in [2.45, 2.75) is 18.6 Å². The fraction of sp³-hybridized carbons (Fsp3) is 0.417. The summed E-state index contributed by atoms with van der Waals surface area (Å²) in [4.78, 5) is 10.8. The van der Waals surface area contributed by atoms with Crippen molar-refractivity contribution in [1.29, 1.82) is 0 Å². The SMILES string of the molecule is COc1cc(C(O)C(O)CCO)cc(C=O)c1O. The van der Waals surface area contributed by atoms with E-state index in [1.165, 1.54) is 19.2 Å². The van der Waals surface area contributed by atoms with Gasteiger partial charge in [-0.15, -0.1) is 0 Å². The summed E-state index contributed by atoms with van der Waals surface area (Å²) in [7, 11) is 1.31. The number of aromatic hydroxyl groups is 1. The van der Waals surface area contributed by atoms with Crippen LogP contribution >= 0.6 is 0 Å². The third-order valence-corrected chi connectivity index (χ3v) is 2.60. The standard InChI is InChI=1S/C12H16O6/c1-18-10-5-7(4-8(6-14)12(10)17)11(16)9(15)2-3-13/h4-6,9,11,13,15-17H,2-3H2,1H3. The van der Waals surface area contributed by atoms with Gasteiger partial charge in [-0.1, -0.05) is 0 Å². The second-order valence-electron chi connectivity index (χ2n) is 3.80. The van der Waals surface area contributed by atoms with Gasteiger partial charge in [0.15, 0.2) is 17.8 Å². The predicted molar refractivity (Wildman–Crippen MR) is 62.7 cm³/mol. The number of carbonyl (C=O) groups is 1. The highest BCUT2D eigenvalue weighted by molar-refractivity contribution is 5.81. The maximum Gasteiger partial charge on any atom is 0.168 e. The number of benzene rings is 1. The number of hydrogen-bond acceptors (Lipinski definition) is 6. The van der Waals surface area contributed by atoms with Gasteiger partial charge in [-0.05, 0) is 24.1 Å². The van der Waals surface area contributed by atoms with Gasteiger partial charge >= 0.3 is 0 Å². The molecule has 0 bridgehead atoms. The van der Waals surface area contributed by atoms with Crippen molar-refractivity contribution >= 4 is 6.29 Å². The smallest absolute Gasteiger partial charge is 0.168 e. The first-order valence-corrected chi connectivity index (χ1v) is 5.38. The number of ether oxygens (including phenoxy) is 1. The maximum absolute atomic E-state index is 10.8. The minimum atomic E-state index is -1.27. The molecule has 1 aromatic carbocycles. The summed E-state index contributed by atoms with van der Waals surface area (Å²) in [6, 6.07) is 2.59. The number of aliphatic hydroxyl groups excluding tert-OH is 3. The minimum absolute atomic E-state index is 0.000775. The number of methoxy groups -OCH3 is 1. The number of phenolic OH excluding ortho intramolecular Hbond substituents is 1. The molecule has 100 valence electrons. The van der Waals surface area contributed by atoms with Gasteiger partial charge in [0.1, 0.15) is 6.10 Å². The lowest BCUT2D eigenvalue weighted by Crippen LogP contribution is -2.19. The van der Waals surface area contributed by atoms with Crippen LogP contribution in [0.15, 0.2) is 12.1 Å². The van der Waals surface area contributed by atoms with E-state index < -0.39 is 12.2 Å².